The molecule has 0 aliphatic carbocycles. The first-order valence-electron chi connectivity index (χ1n) is 15.3. The molecule has 2 N–H and O–H groups in total. The Bertz CT molecular complexity index is 1270. The SMILES string of the molecule is C=C(C)C(=O)OCC(COc1ccc(C(C)(C)c2ccc(OCC(COC(=O)C(=C)C)OC(=O)NCC)cc2)cc1)OC(=O)NCC. The lowest BCUT2D eigenvalue weighted by Crippen LogP contribution is -2.35. The largest absolute Gasteiger partial charge is 0.490 e. The number of ether oxygens (including phenoxy) is 6. The molecule has 2 rings (SSSR count). The van der Waals surface area contributed by atoms with Gasteiger partial charge in [-0.3, -0.25) is 0 Å². The quantitative estimate of drug-likeness (QED) is 0.124. The van der Waals surface area contributed by atoms with Crippen molar-refractivity contribution in [2.24, 2.45) is 0 Å². The summed E-state index contributed by atoms with van der Waals surface area (Å²) in [7, 11) is 0. The van der Waals surface area contributed by atoms with E-state index >= 15 is 0 Å². The van der Waals surface area contributed by atoms with Crippen molar-refractivity contribution in [1.82, 2.24) is 10.6 Å². The van der Waals surface area contributed by atoms with E-state index in [1.165, 1.54) is 13.8 Å². The van der Waals surface area contributed by atoms with E-state index in [2.05, 4.69) is 37.6 Å². The lowest BCUT2D eigenvalue weighted by atomic mass is 9.78. The second-order valence-corrected chi connectivity index (χ2v) is 11.2. The van der Waals surface area contributed by atoms with Gasteiger partial charge in [-0.05, 0) is 63.1 Å². The van der Waals surface area contributed by atoms with E-state index in [1.54, 1.807) is 13.8 Å². The van der Waals surface area contributed by atoms with Gasteiger partial charge in [0.1, 0.15) is 37.9 Å². The van der Waals surface area contributed by atoms with Crippen molar-refractivity contribution >= 4 is 24.1 Å². The molecule has 2 atom stereocenters. The summed E-state index contributed by atoms with van der Waals surface area (Å²) in [4.78, 5) is 47.5. The number of alkyl carbamates (subject to hydrolysis) is 2. The van der Waals surface area contributed by atoms with Crippen LogP contribution in [0.1, 0.15) is 52.7 Å². The molecule has 0 aliphatic rings. The highest BCUT2D eigenvalue weighted by molar-refractivity contribution is 5.87. The van der Waals surface area contributed by atoms with E-state index in [9.17, 15) is 19.2 Å². The molecule has 47 heavy (non-hydrogen) atoms. The minimum Gasteiger partial charge on any atom is -0.490 e. The van der Waals surface area contributed by atoms with Gasteiger partial charge >= 0.3 is 24.1 Å². The van der Waals surface area contributed by atoms with Crippen molar-refractivity contribution in [3.8, 4) is 11.5 Å². The lowest BCUT2D eigenvalue weighted by molar-refractivity contribution is -0.143. The first kappa shape index (κ1) is 38.2. The van der Waals surface area contributed by atoms with Gasteiger partial charge in [-0.1, -0.05) is 51.3 Å². The van der Waals surface area contributed by atoms with Crippen LogP contribution < -0.4 is 20.1 Å². The zero-order chi connectivity index (χ0) is 35.0. The lowest BCUT2D eigenvalue weighted by Gasteiger charge is -2.27. The minimum absolute atomic E-state index is 0.0314. The van der Waals surface area contributed by atoms with Crippen LogP contribution in [0.25, 0.3) is 0 Å². The molecule has 0 fully saturated rings. The minimum atomic E-state index is -0.830. The Morgan fingerprint density at radius 1 is 0.638 bits per heavy atom. The van der Waals surface area contributed by atoms with Crippen molar-refractivity contribution in [2.75, 3.05) is 39.5 Å². The Hall–Kier alpha value is -5.00. The van der Waals surface area contributed by atoms with Crippen LogP contribution in [0, 0.1) is 0 Å². The summed E-state index contributed by atoms with van der Waals surface area (Å²) in [5.41, 5.74) is 2.10. The van der Waals surface area contributed by atoms with E-state index in [-0.39, 0.29) is 37.6 Å². The molecule has 12 heteroatoms. The Balaban J connectivity index is 2.03. The van der Waals surface area contributed by atoms with E-state index < -0.39 is 41.7 Å². The third-order valence-corrected chi connectivity index (χ3v) is 6.71. The fourth-order valence-corrected chi connectivity index (χ4v) is 3.97. The van der Waals surface area contributed by atoms with Gasteiger partial charge in [-0.2, -0.15) is 0 Å². The van der Waals surface area contributed by atoms with Gasteiger partial charge in [0, 0.05) is 29.7 Å². The molecule has 0 aliphatic heterocycles. The molecule has 2 aromatic carbocycles. The van der Waals surface area contributed by atoms with Crippen molar-refractivity contribution in [2.45, 2.75) is 59.2 Å². The molecule has 12 nitrogen and oxygen atoms in total. The fraction of sp³-hybridized carbons (Fsp3) is 0.429. The number of amides is 2. The van der Waals surface area contributed by atoms with E-state index in [0.29, 0.717) is 24.6 Å². The zero-order valence-corrected chi connectivity index (χ0v) is 28.0. The Labute approximate surface area is 276 Å². The van der Waals surface area contributed by atoms with Crippen molar-refractivity contribution in [1.29, 1.82) is 0 Å². The van der Waals surface area contributed by atoms with Gasteiger partial charge in [0.05, 0.1) is 0 Å². The van der Waals surface area contributed by atoms with Gasteiger partial charge in [0.15, 0.2) is 12.2 Å². The number of benzene rings is 2. The number of rotatable bonds is 18. The normalized spacial score (nSPS) is 12.0. The van der Waals surface area contributed by atoms with Crippen LogP contribution in [-0.2, 0) is 34.0 Å². The highest BCUT2D eigenvalue weighted by Crippen LogP contribution is 2.33. The first-order valence-corrected chi connectivity index (χ1v) is 15.3. The van der Waals surface area contributed by atoms with Crippen LogP contribution in [-0.4, -0.2) is 75.9 Å². The third kappa shape index (κ3) is 13.1. The van der Waals surface area contributed by atoms with E-state index in [4.69, 9.17) is 28.4 Å². The van der Waals surface area contributed by atoms with E-state index in [0.717, 1.165) is 11.1 Å². The summed E-state index contributed by atoms with van der Waals surface area (Å²) >= 11 is 0. The van der Waals surface area contributed by atoms with Crippen LogP contribution in [0.15, 0.2) is 72.8 Å². The molecule has 2 aromatic rings. The monoisotopic (exact) mass is 654 g/mol. The molecule has 0 heterocycles. The van der Waals surface area contributed by atoms with Crippen molar-refractivity contribution in [3.63, 3.8) is 0 Å². The van der Waals surface area contributed by atoms with Crippen LogP contribution in [0.3, 0.4) is 0 Å². The summed E-state index contributed by atoms with van der Waals surface area (Å²) in [6.07, 6.45) is -2.94. The Morgan fingerprint density at radius 2 is 0.979 bits per heavy atom. The van der Waals surface area contributed by atoms with Crippen LogP contribution in [0.4, 0.5) is 9.59 Å². The topological polar surface area (TPSA) is 148 Å². The summed E-state index contributed by atoms with van der Waals surface area (Å²) in [6.45, 7) is 18.2. The molecule has 2 amide bonds. The number of hydrogen-bond acceptors (Lipinski definition) is 10. The van der Waals surface area contributed by atoms with Crippen LogP contribution in [0.5, 0.6) is 11.5 Å². The molecule has 0 saturated carbocycles. The first-order chi connectivity index (χ1) is 22.3. The van der Waals surface area contributed by atoms with Crippen LogP contribution in [0.2, 0.25) is 0 Å². The maximum Gasteiger partial charge on any atom is 0.407 e. The highest BCUT2D eigenvalue weighted by atomic mass is 16.6. The standard InChI is InChI=1S/C35H46N2O10/c1-9-36-33(40)46-29(21-44-31(38)23(3)4)19-42-27-15-11-25(12-16-27)35(7,8)26-13-17-28(18-14-26)43-20-30(47-34(41)37-10-2)22-45-32(39)24(5)6/h11-18,29-30H,3,5,9-10,19-22H2,1-2,4,6-8H3,(H,36,40)(H,37,41). The summed E-state index contributed by atoms with van der Waals surface area (Å²) in [6, 6.07) is 15.0. The summed E-state index contributed by atoms with van der Waals surface area (Å²) < 4.78 is 32.7. The zero-order valence-electron chi connectivity index (χ0n) is 28.0. The number of esters is 2. The maximum atomic E-state index is 12.0. The molecule has 0 bridgehead atoms. The molecule has 0 aromatic heterocycles. The number of nitrogens with one attached hydrogen (secondary N) is 2. The smallest absolute Gasteiger partial charge is 0.407 e. The second-order valence-electron chi connectivity index (χ2n) is 11.2. The highest BCUT2D eigenvalue weighted by Gasteiger charge is 2.24. The molecule has 0 spiro atoms. The molecule has 2 unspecified atom stereocenters. The third-order valence-electron chi connectivity index (χ3n) is 6.71. The predicted octanol–water partition coefficient (Wildman–Crippen LogP) is 5.24. The molecular weight excluding hydrogens is 608 g/mol. The van der Waals surface area contributed by atoms with Gasteiger partial charge in [0.25, 0.3) is 0 Å². The predicted molar refractivity (Wildman–Crippen MR) is 175 cm³/mol. The fourth-order valence-electron chi connectivity index (χ4n) is 3.97. The Morgan fingerprint density at radius 3 is 1.28 bits per heavy atom. The van der Waals surface area contributed by atoms with Gasteiger partial charge in [-0.25, -0.2) is 19.2 Å². The molecule has 256 valence electrons. The van der Waals surface area contributed by atoms with E-state index in [1.807, 2.05) is 48.5 Å². The summed E-state index contributed by atoms with van der Waals surface area (Å²) in [5.74, 6) is -0.0846. The van der Waals surface area contributed by atoms with Crippen molar-refractivity contribution < 1.29 is 47.6 Å². The summed E-state index contributed by atoms with van der Waals surface area (Å²) in [5, 5.41) is 5.08. The molecular formula is C35H46N2O10. The maximum absolute atomic E-state index is 12.0. The van der Waals surface area contributed by atoms with Crippen LogP contribution >= 0.6 is 0 Å². The number of carbonyl (C=O) groups is 4. The molecule has 0 radical (unpaired) electrons. The second kappa shape index (κ2) is 18.8. The molecule has 0 saturated heterocycles. The average molecular weight is 655 g/mol. The number of hydrogen-bond donors (Lipinski definition) is 2. The number of carbonyl (C=O) groups excluding carboxylic acids is 4. The van der Waals surface area contributed by atoms with Gasteiger partial charge < -0.3 is 39.1 Å². The van der Waals surface area contributed by atoms with Gasteiger partial charge in [0.2, 0.25) is 0 Å². The Kier molecular flexibility index (Phi) is 15.3. The van der Waals surface area contributed by atoms with Crippen molar-refractivity contribution in [3.05, 3.63) is 84.0 Å². The van der Waals surface area contributed by atoms with Gasteiger partial charge in [-0.15, -0.1) is 0 Å². The average Bonchev–Trinajstić information content (AvgIpc) is 3.03.